The van der Waals surface area contributed by atoms with Crippen molar-refractivity contribution >= 4 is 50.8 Å². The van der Waals surface area contributed by atoms with Gasteiger partial charge in [0.25, 0.3) is 10.1 Å². The van der Waals surface area contributed by atoms with Crippen LogP contribution in [0.25, 0.3) is 12.2 Å². The van der Waals surface area contributed by atoms with E-state index in [1.54, 1.807) is 29.5 Å². The topological polar surface area (TPSA) is 95.8 Å². The SMILES string of the molecule is CCCC[N+]1=C(C=CC=c2oc(=O)c(=C/C=C3/SCCN3CCCS(=O)(=O)O)n2C)SCC1. The van der Waals surface area contributed by atoms with Gasteiger partial charge in [-0.15, -0.1) is 11.8 Å². The highest BCUT2D eigenvalue weighted by atomic mass is 32.2. The predicted octanol–water partition coefficient (Wildman–Crippen LogP) is 1.22. The fraction of sp³-hybridized carbons (Fsp3) is 0.545. The van der Waals surface area contributed by atoms with Crippen LogP contribution >= 0.6 is 23.5 Å². The van der Waals surface area contributed by atoms with Crippen LogP contribution in [-0.4, -0.2) is 75.5 Å². The van der Waals surface area contributed by atoms with Gasteiger partial charge in [-0.2, -0.15) is 8.42 Å². The maximum Gasteiger partial charge on any atom is 0.361 e. The molecule has 182 valence electrons. The number of hydrogen-bond donors (Lipinski definition) is 1. The molecule has 1 aromatic heterocycles. The summed E-state index contributed by atoms with van der Waals surface area (Å²) in [7, 11) is -2.15. The molecule has 1 aromatic rings. The van der Waals surface area contributed by atoms with E-state index in [1.807, 2.05) is 30.0 Å². The van der Waals surface area contributed by atoms with Gasteiger partial charge in [-0.05, 0) is 30.7 Å². The number of rotatable bonds is 10. The summed E-state index contributed by atoms with van der Waals surface area (Å²) < 4.78 is 40.3. The van der Waals surface area contributed by atoms with E-state index in [9.17, 15) is 13.2 Å². The maximum absolute atomic E-state index is 12.4. The van der Waals surface area contributed by atoms with E-state index in [-0.39, 0.29) is 5.75 Å². The highest BCUT2D eigenvalue weighted by Crippen LogP contribution is 2.27. The van der Waals surface area contributed by atoms with Crippen LogP contribution in [0.3, 0.4) is 0 Å². The summed E-state index contributed by atoms with van der Waals surface area (Å²) in [6, 6.07) is 0. The number of hydrogen-bond acceptors (Lipinski definition) is 7. The van der Waals surface area contributed by atoms with Crippen molar-refractivity contribution in [1.82, 2.24) is 9.47 Å². The molecule has 0 spiro atoms. The molecule has 0 saturated carbocycles. The molecule has 1 saturated heterocycles. The molecule has 1 N–H and O–H groups in total. The summed E-state index contributed by atoms with van der Waals surface area (Å²) in [5.74, 6) is 1.73. The molecule has 2 aliphatic rings. The van der Waals surface area contributed by atoms with Crippen molar-refractivity contribution in [2.45, 2.75) is 26.2 Å². The lowest BCUT2D eigenvalue weighted by Crippen LogP contribution is -2.29. The van der Waals surface area contributed by atoms with Gasteiger partial charge >= 0.3 is 5.63 Å². The molecular formula is C22H32N3O5S3+. The molecule has 0 unspecified atom stereocenters. The minimum absolute atomic E-state index is 0.257. The van der Waals surface area contributed by atoms with Crippen molar-refractivity contribution in [3.8, 4) is 0 Å². The molecule has 8 nitrogen and oxygen atoms in total. The number of unbranched alkanes of at least 4 members (excludes halogenated alkanes) is 1. The molecule has 0 atom stereocenters. The van der Waals surface area contributed by atoms with Gasteiger partial charge in [0.05, 0.1) is 16.5 Å². The van der Waals surface area contributed by atoms with Gasteiger partial charge in [0.15, 0.2) is 6.54 Å². The number of allylic oxidation sites excluding steroid dienone is 2. The lowest BCUT2D eigenvalue weighted by atomic mass is 10.3. The third-order valence-corrected chi connectivity index (χ3v) is 8.38. The molecule has 0 bridgehead atoms. The first-order chi connectivity index (χ1) is 15.8. The quantitative estimate of drug-likeness (QED) is 0.368. The molecule has 0 aromatic carbocycles. The number of oxazole rings is 1. The third kappa shape index (κ3) is 7.66. The van der Waals surface area contributed by atoms with E-state index in [0.29, 0.717) is 23.9 Å². The second kappa shape index (κ2) is 12.1. The van der Waals surface area contributed by atoms with E-state index in [1.165, 1.54) is 17.9 Å². The predicted molar refractivity (Wildman–Crippen MR) is 137 cm³/mol. The summed E-state index contributed by atoms with van der Waals surface area (Å²) in [5.41, 5.74) is 0.0797. The van der Waals surface area contributed by atoms with Crippen LogP contribution in [0.2, 0.25) is 0 Å². The minimum Gasteiger partial charge on any atom is -0.405 e. The van der Waals surface area contributed by atoms with Crippen molar-refractivity contribution < 1.29 is 22.0 Å². The average Bonchev–Trinajstić information content (AvgIpc) is 3.45. The highest BCUT2D eigenvalue weighted by molar-refractivity contribution is 8.14. The summed E-state index contributed by atoms with van der Waals surface area (Å²) in [5, 5.41) is 2.67. The first-order valence-corrected chi connectivity index (χ1v) is 14.7. The van der Waals surface area contributed by atoms with Crippen molar-refractivity contribution in [2.75, 3.05) is 43.4 Å². The fourth-order valence-corrected chi connectivity index (χ4v) is 6.23. The Morgan fingerprint density at radius 1 is 1.18 bits per heavy atom. The molecule has 0 aliphatic carbocycles. The zero-order valence-corrected chi connectivity index (χ0v) is 21.6. The highest BCUT2D eigenvalue weighted by Gasteiger charge is 2.20. The average molecular weight is 515 g/mol. The second-order valence-corrected chi connectivity index (χ2v) is 11.7. The first kappa shape index (κ1) is 25.9. The molecule has 3 rings (SSSR count). The minimum atomic E-state index is -3.95. The van der Waals surface area contributed by atoms with E-state index in [2.05, 4.69) is 22.5 Å². The fourth-order valence-electron chi connectivity index (χ4n) is 3.62. The largest absolute Gasteiger partial charge is 0.405 e. The van der Waals surface area contributed by atoms with E-state index in [0.717, 1.165) is 36.2 Å². The van der Waals surface area contributed by atoms with Crippen molar-refractivity contribution in [2.24, 2.45) is 7.05 Å². The molecular weight excluding hydrogens is 482 g/mol. The molecule has 33 heavy (non-hydrogen) atoms. The smallest absolute Gasteiger partial charge is 0.361 e. The lowest BCUT2D eigenvalue weighted by Gasteiger charge is -2.17. The monoisotopic (exact) mass is 514 g/mol. The Labute approximate surface area is 203 Å². The normalized spacial score (nSPS) is 19.8. The van der Waals surface area contributed by atoms with Crippen LogP contribution < -0.4 is 16.5 Å². The molecule has 0 amide bonds. The summed E-state index contributed by atoms with van der Waals surface area (Å²) >= 11 is 3.50. The van der Waals surface area contributed by atoms with Crippen molar-refractivity contribution in [1.29, 1.82) is 0 Å². The number of nitrogens with zero attached hydrogens (tertiary/aromatic N) is 3. The first-order valence-electron chi connectivity index (χ1n) is 11.1. The summed E-state index contributed by atoms with van der Waals surface area (Å²) in [6.07, 6.45) is 12.1. The Hall–Kier alpha value is -1.69. The summed E-state index contributed by atoms with van der Waals surface area (Å²) in [4.78, 5) is 14.5. The van der Waals surface area contributed by atoms with E-state index < -0.39 is 15.7 Å². The zero-order chi connectivity index (χ0) is 23.8. The Morgan fingerprint density at radius 2 is 2.00 bits per heavy atom. The number of thioether (sulfide) groups is 2. The Kier molecular flexibility index (Phi) is 9.54. The molecule has 3 heterocycles. The van der Waals surface area contributed by atoms with Crippen LogP contribution in [0.1, 0.15) is 26.2 Å². The summed E-state index contributed by atoms with van der Waals surface area (Å²) in [6.45, 7) is 5.67. The van der Waals surface area contributed by atoms with Gasteiger partial charge in [0, 0.05) is 38.4 Å². The Bertz CT molecular complexity index is 1210. The Morgan fingerprint density at radius 3 is 2.76 bits per heavy atom. The van der Waals surface area contributed by atoms with Crippen LogP contribution in [0.15, 0.2) is 32.5 Å². The molecule has 2 aliphatic heterocycles. The molecule has 0 radical (unpaired) electrons. The van der Waals surface area contributed by atoms with Gasteiger partial charge in [-0.25, -0.2) is 9.37 Å². The maximum atomic E-state index is 12.4. The molecule has 11 heteroatoms. The van der Waals surface area contributed by atoms with E-state index >= 15 is 0 Å². The second-order valence-electron chi connectivity index (χ2n) is 7.87. The lowest BCUT2D eigenvalue weighted by molar-refractivity contribution is -0.517. The van der Waals surface area contributed by atoms with Crippen LogP contribution in [0.4, 0.5) is 0 Å². The van der Waals surface area contributed by atoms with E-state index in [4.69, 9.17) is 8.97 Å². The van der Waals surface area contributed by atoms with Crippen LogP contribution in [0.5, 0.6) is 0 Å². The van der Waals surface area contributed by atoms with Crippen LogP contribution in [0, 0.1) is 0 Å². The van der Waals surface area contributed by atoms with Gasteiger partial charge < -0.3 is 13.9 Å². The van der Waals surface area contributed by atoms with Gasteiger partial charge in [-0.1, -0.05) is 25.1 Å². The Balaban J connectivity index is 1.75. The van der Waals surface area contributed by atoms with Crippen molar-refractivity contribution in [3.63, 3.8) is 0 Å². The third-order valence-electron chi connectivity index (χ3n) is 5.42. The van der Waals surface area contributed by atoms with Gasteiger partial charge in [0.2, 0.25) is 10.6 Å². The van der Waals surface area contributed by atoms with Crippen LogP contribution in [-0.2, 0) is 17.2 Å². The molecule has 1 fully saturated rings. The van der Waals surface area contributed by atoms with Gasteiger partial charge in [-0.3, -0.25) is 4.55 Å². The number of aromatic nitrogens is 1. The zero-order valence-electron chi connectivity index (χ0n) is 19.1. The standard InChI is InChI=1S/C22H31N3O5S3/c1-3-4-11-24-13-15-31-20(24)8-5-7-19-23(2)18(22(26)30-19)9-10-21-25(14-16-32-21)12-6-17-33(27,28)29/h5,7-10H,3-4,6,11-17H2,1-2H3/p+1/b18-9?,21-10+. The van der Waals surface area contributed by atoms with Crippen molar-refractivity contribution in [3.05, 3.63) is 44.6 Å². The van der Waals surface area contributed by atoms with Gasteiger partial charge in [0.1, 0.15) is 11.9 Å².